The van der Waals surface area contributed by atoms with Crippen molar-refractivity contribution in [2.75, 3.05) is 5.32 Å². The van der Waals surface area contributed by atoms with Crippen molar-refractivity contribution in [3.05, 3.63) is 95.1 Å². The number of hydrogen-bond acceptors (Lipinski definition) is 4. The van der Waals surface area contributed by atoms with Crippen molar-refractivity contribution in [2.45, 2.75) is 13.2 Å². The van der Waals surface area contributed by atoms with Gasteiger partial charge in [0.1, 0.15) is 5.75 Å². The molecule has 0 atom stereocenters. The highest BCUT2D eigenvalue weighted by Crippen LogP contribution is 2.28. The standard InChI is InChI=1S/C23H16F2N2O4/c24-23(25)31-19-9-5-4-8-18(19)26-20(28)15-10-11-16-17(12-15)22(30)27(21(16)29)13-14-6-2-1-3-7-14/h1-12,23H,13H2,(H,26,28). The molecule has 3 aromatic rings. The molecule has 0 aliphatic carbocycles. The molecule has 3 aromatic carbocycles. The number of fused-ring (bicyclic) bond motifs is 1. The Morgan fingerprint density at radius 2 is 1.58 bits per heavy atom. The molecule has 31 heavy (non-hydrogen) atoms. The number of carbonyl (C=O) groups excluding carboxylic acids is 3. The van der Waals surface area contributed by atoms with Crippen LogP contribution in [0.2, 0.25) is 0 Å². The maximum Gasteiger partial charge on any atom is 0.387 e. The molecule has 0 radical (unpaired) electrons. The molecule has 0 bridgehead atoms. The van der Waals surface area contributed by atoms with Crippen LogP contribution >= 0.6 is 0 Å². The van der Waals surface area contributed by atoms with Crippen LogP contribution in [-0.2, 0) is 6.54 Å². The van der Waals surface area contributed by atoms with Crippen molar-refractivity contribution in [1.82, 2.24) is 4.90 Å². The number of nitrogens with zero attached hydrogens (tertiary/aromatic N) is 1. The Hall–Kier alpha value is -4.07. The Balaban J connectivity index is 1.56. The smallest absolute Gasteiger partial charge is 0.387 e. The summed E-state index contributed by atoms with van der Waals surface area (Å²) in [5.74, 6) is -1.76. The fourth-order valence-electron chi connectivity index (χ4n) is 3.30. The number of imide groups is 1. The van der Waals surface area contributed by atoms with Crippen LogP contribution in [0, 0.1) is 0 Å². The minimum atomic E-state index is -3.04. The molecular formula is C23H16F2N2O4. The van der Waals surface area contributed by atoms with Gasteiger partial charge in [-0.3, -0.25) is 19.3 Å². The van der Waals surface area contributed by atoms with E-state index in [-0.39, 0.29) is 34.7 Å². The third-order valence-corrected chi connectivity index (χ3v) is 4.77. The summed E-state index contributed by atoms with van der Waals surface area (Å²) in [5, 5.41) is 2.49. The minimum Gasteiger partial charge on any atom is -0.433 e. The number of alkyl halides is 2. The highest BCUT2D eigenvalue weighted by molar-refractivity contribution is 6.22. The molecule has 1 aliphatic heterocycles. The van der Waals surface area contributed by atoms with Crippen molar-refractivity contribution in [3.63, 3.8) is 0 Å². The summed E-state index contributed by atoms with van der Waals surface area (Å²) < 4.78 is 29.6. The molecule has 0 saturated heterocycles. The lowest BCUT2D eigenvalue weighted by Crippen LogP contribution is -2.29. The van der Waals surface area contributed by atoms with Crippen LogP contribution in [0.25, 0.3) is 0 Å². The van der Waals surface area contributed by atoms with Crippen LogP contribution in [0.15, 0.2) is 72.8 Å². The Bertz CT molecular complexity index is 1170. The van der Waals surface area contributed by atoms with Gasteiger partial charge in [0.15, 0.2) is 0 Å². The number of carbonyl (C=O) groups is 3. The Morgan fingerprint density at radius 3 is 2.32 bits per heavy atom. The summed E-state index contributed by atoms with van der Waals surface area (Å²) in [7, 11) is 0. The normalized spacial score (nSPS) is 12.8. The van der Waals surface area contributed by atoms with E-state index >= 15 is 0 Å². The third-order valence-electron chi connectivity index (χ3n) is 4.77. The molecule has 1 heterocycles. The molecular weight excluding hydrogens is 406 g/mol. The first-order valence-corrected chi connectivity index (χ1v) is 9.33. The van der Waals surface area contributed by atoms with E-state index in [0.717, 1.165) is 10.5 Å². The van der Waals surface area contributed by atoms with E-state index in [1.807, 2.05) is 18.2 Å². The maximum atomic E-state index is 12.8. The van der Waals surface area contributed by atoms with Gasteiger partial charge in [-0.25, -0.2) is 0 Å². The lowest BCUT2D eigenvalue weighted by Gasteiger charge is -2.13. The first-order chi connectivity index (χ1) is 14.9. The zero-order valence-corrected chi connectivity index (χ0v) is 16.0. The second-order valence-corrected chi connectivity index (χ2v) is 6.77. The van der Waals surface area contributed by atoms with Crippen molar-refractivity contribution < 1.29 is 27.9 Å². The van der Waals surface area contributed by atoms with E-state index in [9.17, 15) is 23.2 Å². The number of hydrogen-bond donors (Lipinski definition) is 1. The van der Waals surface area contributed by atoms with Crippen molar-refractivity contribution in [1.29, 1.82) is 0 Å². The van der Waals surface area contributed by atoms with Gasteiger partial charge >= 0.3 is 6.61 Å². The zero-order valence-electron chi connectivity index (χ0n) is 16.0. The van der Waals surface area contributed by atoms with Crippen molar-refractivity contribution in [2.24, 2.45) is 0 Å². The van der Waals surface area contributed by atoms with E-state index < -0.39 is 24.3 Å². The van der Waals surface area contributed by atoms with E-state index in [4.69, 9.17) is 0 Å². The fraction of sp³-hybridized carbons (Fsp3) is 0.0870. The first kappa shape index (κ1) is 20.2. The van der Waals surface area contributed by atoms with Crippen molar-refractivity contribution in [3.8, 4) is 5.75 Å². The second-order valence-electron chi connectivity index (χ2n) is 6.77. The minimum absolute atomic E-state index is 0.0569. The molecule has 4 rings (SSSR count). The van der Waals surface area contributed by atoms with Crippen LogP contribution in [0.1, 0.15) is 36.6 Å². The van der Waals surface area contributed by atoms with Gasteiger partial charge in [-0.05, 0) is 35.9 Å². The largest absolute Gasteiger partial charge is 0.433 e. The van der Waals surface area contributed by atoms with Gasteiger partial charge in [0.05, 0.1) is 23.4 Å². The van der Waals surface area contributed by atoms with Crippen LogP contribution in [-0.4, -0.2) is 29.2 Å². The number of rotatable bonds is 6. The summed E-state index contributed by atoms with van der Waals surface area (Å²) in [6, 6.07) is 19.0. The molecule has 0 fully saturated rings. The van der Waals surface area contributed by atoms with Gasteiger partial charge < -0.3 is 10.1 Å². The maximum absolute atomic E-state index is 12.8. The van der Waals surface area contributed by atoms with Gasteiger partial charge in [-0.15, -0.1) is 0 Å². The average Bonchev–Trinajstić information content (AvgIpc) is 3.00. The summed E-state index contributed by atoms with van der Waals surface area (Å²) in [5.41, 5.74) is 1.28. The van der Waals surface area contributed by atoms with E-state index in [1.165, 1.54) is 36.4 Å². The molecule has 0 unspecified atom stereocenters. The molecule has 156 valence electrons. The van der Waals surface area contributed by atoms with Gasteiger partial charge in [-0.1, -0.05) is 42.5 Å². The number of para-hydroxylation sites is 2. The Labute approximate surface area is 176 Å². The number of ether oxygens (including phenoxy) is 1. The van der Waals surface area contributed by atoms with Crippen molar-refractivity contribution >= 4 is 23.4 Å². The van der Waals surface area contributed by atoms with Gasteiger partial charge in [-0.2, -0.15) is 8.78 Å². The highest BCUT2D eigenvalue weighted by Gasteiger charge is 2.36. The Kier molecular flexibility index (Phi) is 5.44. The third kappa shape index (κ3) is 4.13. The molecule has 1 N–H and O–H groups in total. The lowest BCUT2D eigenvalue weighted by atomic mass is 10.1. The van der Waals surface area contributed by atoms with Crippen LogP contribution in [0.4, 0.5) is 14.5 Å². The predicted octanol–water partition coefficient (Wildman–Crippen LogP) is 4.34. The summed E-state index contributed by atoms with van der Waals surface area (Å²) in [4.78, 5) is 39.2. The molecule has 0 spiro atoms. The predicted molar refractivity (Wildman–Crippen MR) is 108 cm³/mol. The number of halogens is 2. The number of nitrogens with one attached hydrogen (secondary N) is 1. The first-order valence-electron chi connectivity index (χ1n) is 9.33. The quantitative estimate of drug-likeness (QED) is 0.600. The highest BCUT2D eigenvalue weighted by atomic mass is 19.3. The molecule has 0 saturated carbocycles. The molecule has 8 heteroatoms. The fourth-order valence-corrected chi connectivity index (χ4v) is 3.30. The number of amides is 3. The number of benzene rings is 3. The average molecular weight is 422 g/mol. The van der Waals surface area contributed by atoms with Crippen LogP contribution in [0.3, 0.4) is 0 Å². The van der Waals surface area contributed by atoms with Gasteiger partial charge in [0.25, 0.3) is 17.7 Å². The topological polar surface area (TPSA) is 75.7 Å². The summed E-state index contributed by atoms with van der Waals surface area (Å²) in [6.45, 7) is -2.93. The van der Waals surface area contributed by atoms with Gasteiger partial charge in [0.2, 0.25) is 0 Å². The van der Waals surface area contributed by atoms with E-state index in [0.29, 0.717) is 0 Å². The molecule has 6 nitrogen and oxygen atoms in total. The number of anilines is 1. The SMILES string of the molecule is O=C(Nc1ccccc1OC(F)F)c1ccc2c(c1)C(=O)N(Cc1ccccc1)C2=O. The van der Waals surface area contributed by atoms with E-state index in [1.54, 1.807) is 18.2 Å². The van der Waals surface area contributed by atoms with Gasteiger partial charge in [0, 0.05) is 5.56 Å². The zero-order chi connectivity index (χ0) is 22.0. The summed E-state index contributed by atoms with van der Waals surface area (Å²) >= 11 is 0. The van der Waals surface area contributed by atoms with E-state index in [2.05, 4.69) is 10.1 Å². The van der Waals surface area contributed by atoms with Crippen LogP contribution < -0.4 is 10.1 Å². The molecule has 0 aromatic heterocycles. The summed E-state index contributed by atoms with van der Waals surface area (Å²) in [6.07, 6.45) is 0. The monoisotopic (exact) mass is 422 g/mol. The second kappa shape index (κ2) is 8.35. The lowest BCUT2D eigenvalue weighted by molar-refractivity contribution is -0.0493. The Morgan fingerprint density at radius 1 is 0.903 bits per heavy atom. The van der Waals surface area contributed by atoms with Crippen LogP contribution in [0.5, 0.6) is 5.75 Å². The molecule has 3 amide bonds. The molecule has 1 aliphatic rings.